The maximum atomic E-state index is 6.45. The molecule has 1 aromatic carbocycles. The summed E-state index contributed by atoms with van der Waals surface area (Å²) in [5.41, 5.74) is 7.62. The van der Waals surface area contributed by atoms with Gasteiger partial charge in [0, 0.05) is 45.3 Å². The summed E-state index contributed by atoms with van der Waals surface area (Å²) < 4.78 is 11.3. The van der Waals surface area contributed by atoms with Crippen LogP contribution in [0.15, 0.2) is 18.2 Å². The zero-order chi connectivity index (χ0) is 18.6. The number of halogens is 2. The van der Waals surface area contributed by atoms with Gasteiger partial charge >= 0.3 is 0 Å². The summed E-state index contributed by atoms with van der Waals surface area (Å²) in [6.07, 6.45) is 1.05. The number of hydrogen-bond donors (Lipinski definition) is 1. The van der Waals surface area contributed by atoms with Crippen molar-refractivity contribution in [1.82, 2.24) is 9.80 Å². The average Bonchev–Trinajstić information content (AvgIpc) is 2.61. The predicted octanol–water partition coefficient (Wildman–Crippen LogP) is 3.03. The molecule has 0 radical (unpaired) electrons. The fourth-order valence-electron chi connectivity index (χ4n) is 3.75. The molecule has 0 saturated carbocycles. The normalized spacial score (nSPS) is 23.6. The predicted molar refractivity (Wildman–Crippen MR) is 113 cm³/mol. The number of nitrogens with two attached hydrogens (primary N) is 1. The standard InChI is InChI=1S/C20H32ClN3O2.ClH/c1-20(2)15-24(6-5-19(20)22)14-16-3-4-18(17(21)13-16)26-12-9-23-7-10-25-11-8-23;/h3-4,13,19H,5-12,14-15,22H2,1-2H3;1H. The molecule has 2 fully saturated rings. The lowest BCUT2D eigenvalue weighted by Gasteiger charge is -2.42. The van der Waals surface area contributed by atoms with Crippen LogP contribution in [-0.2, 0) is 11.3 Å². The zero-order valence-corrected chi connectivity index (χ0v) is 18.0. The maximum absolute atomic E-state index is 6.45. The molecule has 27 heavy (non-hydrogen) atoms. The molecular formula is C20H33Cl2N3O2. The van der Waals surface area contributed by atoms with Crippen LogP contribution in [0.4, 0.5) is 0 Å². The molecule has 2 heterocycles. The molecule has 1 aromatic rings. The van der Waals surface area contributed by atoms with Crippen molar-refractivity contribution in [2.75, 3.05) is 52.5 Å². The van der Waals surface area contributed by atoms with Gasteiger partial charge in [-0.2, -0.15) is 0 Å². The molecule has 3 rings (SSSR count). The SMILES string of the molecule is CC1(C)CN(Cc2ccc(OCCN3CCOCC3)c(Cl)c2)CCC1N.Cl. The van der Waals surface area contributed by atoms with E-state index in [-0.39, 0.29) is 23.9 Å². The number of likely N-dealkylation sites (tertiary alicyclic amines) is 1. The number of ether oxygens (including phenoxy) is 2. The summed E-state index contributed by atoms with van der Waals surface area (Å²) in [5.74, 6) is 0.768. The first-order valence-electron chi connectivity index (χ1n) is 9.63. The Morgan fingerprint density at radius 3 is 2.63 bits per heavy atom. The molecule has 154 valence electrons. The smallest absolute Gasteiger partial charge is 0.137 e. The van der Waals surface area contributed by atoms with Crippen LogP contribution >= 0.6 is 24.0 Å². The minimum absolute atomic E-state index is 0. The van der Waals surface area contributed by atoms with E-state index in [1.807, 2.05) is 12.1 Å². The fraction of sp³-hybridized carbons (Fsp3) is 0.700. The Bertz CT molecular complexity index is 595. The van der Waals surface area contributed by atoms with Crippen molar-refractivity contribution in [2.24, 2.45) is 11.1 Å². The van der Waals surface area contributed by atoms with E-state index in [0.717, 1.165) is 64.7 Å². The molecule has 0 amide bonds. The lowest BCUT2D eigenvalue weighted by atomic mass is 9.79. The summed E-state index contributed by atoms with van der Waals surface area (Å²) in [7, 11) is 0. The van der Waals surface area contributed by atoms with Crippen LogP contribution in [0.5, 0.6) is 5.75 Å². The van der Waals surface area contributed by atoms with Gasteiger partial charge < -0.3 is 15.2 Å². The Morgan fingerprint density at radius 1 is 1.22 bits per heavy atom. The third-order valence-electron chi connectivity index (χ3n) is 5.56. The van der Waals surface area contributed by atoms with Gasteiger partial charge in [0.2, 0.25) is 0 Å². The Morgan fingerprint density at radius 2 is 1.96 bits per heavy atom. The summed E-state index contributed by atoms with van der Waals surface area (Å²) in [5, 5.41) is 0.692. The monoisotopic (exact) mass is 417 g/mol. The molecule has 1 atom stereocenters. The summed E-state index contributed by atoms with van der Waals surface area (Å²) in [6.45, 7) is 12.6. The first-order valence-corrected chi connectivity index (χ1v) is 10.0. The Hall–Kier alpha value is -0.560. The van der Waals surface area contributed by atoms with E-state index >= 15 is 0 Å². The van der Waals surface area contributed by atoms with Crippen LogP contribution < -0.4 is 10.5 Å². The first-order chi connectivity index (χ1) is 12.4. The van der Waals surface area contributed by atoms with Crippen LogP contribution in [0, 0.1) is 5.41 Å². The van der Waals surface area contributed by atoms with Gasteiger partial charge in [-0.3, -0.25) is 9.80 Å². The van der Waals surface area contributed by atoms with Gasteiger partial charge in [-0.05, 0) is 29.5 Å². The second-order valence-corrected chi connectivity index (χ2v) is 8.57. The van der Waals surface area contributed by atoms with Crippen LogP contribution in [0.1, 0.15) is 25.8 Å². The molecule has 0 spiro atoms. The highest BCUT2D eigenvalue weighted by molar-refractivity contribution is 6.32. The number of benzene rings is 1. The highest BCUT2D eigenvalue weighted by Crippen LogP contribution is 2.30. The van der Waals surface area contributed by atoms with E-state index in [9.17, 15) is 0 Å². The molecule has 7 heteroatoms. The molecule has 2 aliphatic rings. The molecule has 2 aliphatic heterocycles. The largest absolute Gasteiger partial charge is 0.491 e. The van der Waals surface area contributed by atoms with Gasteiger partial charge in [0.15, 0.2) is 0 Å². The number of rotatable bonds is 6. The second kappa shape index (κ2) is 10.3. The second-order valence-electron chi connectivity index (χ2n) is 8.16. The van der Waals surface area contributed by atoms with Gasteiger partial charge in [0.25, 0.3) is 0 Å². The highest BCUT2D eigenvalue weighted by atomic mass is 35.5. The number of nitrogens with zero attached hydrogens (tertiary/aromatic N) is 2. The van der Waals surface area contributed by atoms with Crippen molar-refractivity contribution in [3.8, 4) is 5.75 Å². The quantitative estimate of drug-likeness (QED) is 0.770. The number of hydrogen-bond acceptors (Lipinski definition) is 5. The van der Waals surface area contributed by atoms with E-state index in [4.69, 9.17) is 26.8 Å². The van der Waals surface area contributed by atoms with Crippen molar-refractivity contribution < 1.29 is 9.47 Å². The summed E-state index contributed by atoms with van der Waals surface area (Å²) in [4.78, 5) is 4.82. The van der Waals surface area contributed by atoms with Crippen LogP contribution in [0.3, 0.4) is 0 Å². The number of morpholine rings is 1. The maximum Gasteiger partial charge on any atom is 0.137 e. The third kappa shape index (κ3) is 6.48. The minimum atomic E-state index is 0. The van der Waals surface area contributed by atoms with Crippen LogP contribution in [0.25, 0.3) is 0 Å². The van der Waals surface area contributed by atoms with Crippen LogP contribution in [0.2, 0.25) is 5.02 Å². The van der Waals surface area contributed by atoms with Crippen molar-refractivity contribution >= 4 is 24.0 Å². The molecule has 0 aromatic heterocycles. The molecule has 0 aliphatic carbocycles. The van der Waals surface area contributed by atoms with Crippen molar-refractivity contribution in [1.29, 1.82) is 0 Å². The third-order valence-corrected chi connectivity index (χ3v) is 5.86. The van der Waals surface area contributed by atoms with Gasteiger partial charge in [0.1, 0.15) is 12.4 Å². The van der Waals surface area contributed by atoms with E-state index < -0.39 is 0 Å². The van der Waals surface area contributed by atoms with Gasteiger partial charge in [-0.1, -0.05) is 31.5 Å². The van der Waals surface area contributed by atoms with E-state index in [1.165, 1.54) is 5.56 Å². The van der Waals surface area contributed by atoms with Gasteiger partial charge in [-0.15, -0.1) is 12.4 Å². The Balaban J connectivity index is 0.00000261. The first kappa shape index (κ1) is 22.7. The van der Waals surface area contributed by atoms with Gasteiger partial charge in [-0.25, -0.2) is 0 Å². The van der Waals surface area contributed by atoms with Crippen molar-refractivity contribution in [3.05, 3.63) is 28.8 Å². The molecule has 1 unspecified atom stereocenters. The lowest BCUT2D eigenvalue weighted by Crippen LogP contribution is -2.52. The van der Waals surface area contributed by atoms with E-state index in [2.05, 4.69) is 29.7 Å². The molecule has 5 nitrogen and oxygen atoms in total. The molecule has 0 bridgehead atoms. The Kier molecular flexibility index (Phi) is 8.66. The zero-order valence-electron chi connectivity index (χ0n) is 16.5. The minimum Gasteiger partial charge on any atom is -0.491 e. The number of piperidine rings is 1. The topological polar surface area (TPSA) is 51.0 Å². The molecule has 2 N–H and O–H groups in total. The van der Waals surface area contributed by atoms with E-state index in [0.29, 0.717) is 11.6 Å². The lowest BCUT2D eigenvalue weighted by molar-refractivity contribution is 0.0322. The van der Waals surface area contributed by atoms with Crippen molar-refractivity contribution in [2.45, 2.75) is 32.9 Å². The molecular weight excluding hydrogens is 385 g/mol. The van der Waals surface area contributed by atoms with Crippen LogP contribution in [-0.4, -0.2) is 68.4 Å². The van der Waals surface area contributed by atoms with Gasteiger partial charge in [0.05, 0.1) is 18.2 Å². The van der Waals surface area contributed by atoms with Crippen molar-refractivity contribution in [3.63, 3.8) is 0 Å². The average molecular weight is 418 g/mol. The van der Waals surface area contributed by atoms with E-state index in [1.54, 1.807) is 0 Å². The summed E-state index contributed by atoms with van der Waals surface area (Å²) in [6, 6.07) is 6.44. The summed E-state index contributed by atoms with van der Waals surface area (Å²) >= 11 is 6.45. The highest BCUT2D eigenvalue weighted by Gasteiger charge is 2.33. The Labute approximate surface area is 174 Å². The fourth-order valence-corrected chi connectivity index (χ4v) is 4.01. The molecule has 2 saturated heterocycles.